The van der Waals surface area contributed by atoms with Crippen LogP contribution in [0.3, 0.4) is 0 Å². The molecule has 12 heteroatoms. The molecule has 0 heterocycles. The Morgan fingerprint density at radius 3 is 1.73 bits per heavy atom. The van der Waals surface area contributed by atoms with Crippen molar-refractivity contribution in [3.63, 3.8) is 0 Å². The topological polar surface area (TPSA) is 121 Å². The zero-order valence-electron chi connectivity index (χ0n) is 18.9. The molecular formula is C25H19Cl2N3O5S2. The van der Waals surface area contributed by atoms with E-state index in [4.69, 9.17) is 23.2 Å². The van der Waals surface area contributed by atoms with E-state index in [1.807, 2.05) is 0 Å². The Balaban J connectivity index is 1.48. The lowest BCUT2D eigenvalue weighted by Crippen LogP contribution is -2.16. The molecule has 0 atom stereocenters. The van der Waals surface area contributed by atoms with Crippen LogP contribution < -0.4 is 14.8 Å². The Morgan fingerprint density at radius 2 is 1.11 bits per heavy atom. The highest BCUT2D eigenvalue weighted by molar-refractivity contribution is 7.93. The summed E-state index contributed by atoms with van der Waals surface area (Å²) >= 11 is 12.0. The van der Waals surface area contributed by atoms with Crippen LogP contribution in [0.4, 0.5) is 17.1 Å². The van der Waals surface area contributed by atoms with E-state index in [2.05, 4.69) is 14.8 Å². The Hall–Kier alpha value is -3.57. The lowest BCUT2D eigenvalue weighted by atomic mass is 10.2. The molecule has 4 aromatic rings. The normalized spacial score (nSPS) is 11.5. The molecule has 0 unspecified atom stereocenters. The second kappa shape index (κ2) is 10.8. The van der Waals surface area contributed by atoms with E-state index in [9.17, 15) is 21.6 Å². The molecule has 8 nitrogen and oxygen atoms in total. The van der Waals surface area contributed by atoms with Gasteiger partial charge in [0.1, 0.15) is 0 Å². The predicted octanol–water partition coefficient (Wildman–Crippen LogP) is 5.85. The molecule has 4 aromatic carbocycles. The fourth-order valence-electron chi connectivity index (χ4n) is 3.22. The van der Waals surface area contributed by atoms with E-state index in [1.165, 1.54) is 66.7 Å². The number of halogens is 2. The maximum atomic E-state index is 12.9. The average molecular weight is 576 g/mol. The first kappa shape index (κ1) is 26.5. The first-order valence-corrected chi connectivity index (χ1v) is 14.3. The molecule has 0 bridgehead atoms. The minimum absolute atomic E-state index is 0.0178. The van der Waals surface area contributed by atoms with Crippen molar-refractivity contribution in [2.24, 2.45) is 0 Å². The summed E-state index contributed by atoms with van der Waals surface area (Å²) in [7, 11) is -7.73. The summed E-state index contributed by atoms with van der Waals surface area (Å²) in [5.41, 5.74) is 0.824. The number of amides is 1. The van der Waals surface area contributed by atoms with Gasteiger partial charge in [0.05, 0.1) is 20.4 Å². The molecule has 0 aliphatic carbocycles. The van der Waals surface area contributed by atoms with Crippen LogP contribution in [0.2, 0.25) is 10.0 Å². The van der Waals surface area contributed by atoms with E-state index < -0.39 is 26.0 Å². The summed E-state index contributed by atoms with van der Waals surface area (Å²) in [5, 5.41) is 3.20. The number of sulfonamides is 2. The molecule has 0 saturated carbocycles. The summed E-state index contributed by atoms with van der Waals surface area (Å²) in [4.78, 5) is 12.9. The van der Waals surface area contributed by atoms with Gasteiger partial charge in [-0.3, -0.25) is 14.2 Å². The summed E-state index contributed by atoms with van der Waals surface area (Å²) < 4.78 is 55.3. The molecule has 4 rings (SSSR count). The average Bonchev–Trinajstić information content (AvgIpc) is 2.87. The van der Waals surface area contributed by atoms with Gasteiger partial charge in [-0.15, -0.1) is 0 Å². The van der Waals surface area contributed by atoms with Gasteiger partial charge in [0, 0.05) is 22.1 Å². The summed E-state index contributed by atoms with van der Waals surface area (Å²) in [6, 6.07) is 23.6. The summed E-state index contributed by atoms with van der Waals surface area (Å²) in [6.07, 6.45) is 0. The molecular weight excluding hydrogens is 557 g/mol. The molecule has 0 aliphatic heterocycles. The molecule has 0 fully saturated rings. The Morgan fingerprint density at radius 1 is 0.595 bits per heavy atom. The van der Waals surface area contributed by atoms with Crippen molar-refractivity contribution in [3.8, 4) is 0 Å². The number of nitrogens with one attached hydrogen (secondary N) is 3. The van der Waals surface area contributed by atoms with Crippen molar-refractivity contribution in [1.29, 1.82) is 0 Å². The summed E-state index contributed by atoms with van der Waals surface area (Å²) in [6.45, 7) is 0. The predicted molar refractivity (Wildman–Crippen MR) is 145 cm³/mol. The highest BCUT2D eigenvalue weighted by atomic mass is 35.5. The number of hydrogen-bond acceptors (Lipinski definition) is 5. The molecule has 0 aliphatic rings. The Kier molecular flexibility index (Phi) is 7.74. The monoisotopic (exact) mass is 575 g/mol. The van der Waals surface area contributed by atoms with Gasteiger partial charge in [0.25, 0.3) is 26.0 Å². The van der Waals surface area contributed by atoms with Gasteiger partial charge < -0.3 is 5.32 Å². The highest BCUT2D eigenvalue weighted by Gasteiger charge is 2.18. The standard InChI is InChI=1S/C25H19Cl2N3O5S2/c26-17-6-8-19(9-7-17)29-37(34,35)22-13-10-18(11-14-22)28-25(31)23-16-20(12-15-24(23)27)30-36(32,33)21-4-2-1-3-5-21/h1-16,29-30H,(H,28,31). The maximum absolute atomic E-state index is 12.9. The van der Waals surface area contributed by atoms with Crippen molar-refractivity contribution < 1.29 is 21.6 Å². The zero-order chi connectivity index (χ0) is 26.6. The third kappa shape index (κ3) is 6.60. The molecule has 0 radical (unpaired) electrons. The highest BCUT2D eigenvalue weighted by Crippen LogP contribution is 2.25. The van der Waals surface area contributed by atoms with Crippen molar-refractivity contribution >= 4 is 66.2 Å². The Bertz CT molecular complexity index is 1650. The van der Waals surface area contributed by atoms with Gasteiger partial charge in [0.15, 0.2) is 0 Å². The molecule has 0 aromatic heterocycles. The lowest BCUT2D eigenvalue weighted by Gasteiger charge is -2.12. The first-order valence-electron chi connectivity index (χ1n) is 10.6. The minimum atomic E-state index is -3.87. The van der Waals surface area contributed by atoms with Crippen molar-refractivity contribution in [2.45, 2.75) is 9.79 Å². The quantitative estimate of drug-likeness (QED) is 0.243. The van der Waals surface area contributed by atoms with Crippen molar-refractivity contribution in [2.75, 3.05) is 14.8 Å². The van der Waals surface area contributed by atoms with Crippen molar-refractivity contribution in [1.82, 2.24) is 0 Å². The molecule has 0 saturated heterocycles. The maximum Gasteiger partial charge on any atom is 0.261 e. The van der Waals surface area contributed by atoms with Gasteiger partial charge in [-0.05, 0) is 78.9 Å². The lowest BCUT2D eigenvalue weighted by molar-refractivity contribution is 0.102. The SMILES string of the molecule is O=C(Nc1ccc(S(=O)(=O)Nc2ccc(Cl)cc2)cc1)c1cc(NS(=O)(=O)c2ccccc2)ccc1Cl. The van der Waals surface area contributed by atoms with Crippen LogP contribution in [-0.4, -0.2) is 22.7 Å². The fraction of sp³-hybridized carbons (Fsp3) is 0. The number of rotatable bonds is 8. The second-order valence-electron chi connectivity index (χ2n) is 7.70. The number of benzene rings is 4. The van der Waals surface area contributed by atoms with Gasteiger partial charge in [0.2, 0.25) is 0 Å². The third-order valence-electron chi connectivity index (χ3n) is 5.04. The van der Waals surface area contributed by atoms with Crippen molar-refractivity contribution in [3.05, 3.63) is 113 Å². The zero-order valence-corrected chi connectivity index (χ0v) is 22.0. The fourth-order valence-corrected chi connectivity index (χ4v) is 5.68. The number of hydrogen-bond donors (Lipinski definition) is 3. The van der Waals surface area contributed by atoms with Crippen LogP contribution in [0.15, 0.2) is 107 Å². The van der Waals surface area contributed by atoms with Crippen LogP contribution >= 0.6 is 23.2 Å². The van der Waals surface area contributed by atoms with E-state index >= 15 is 0 Å². The molecule has 3 N–H and O–H groups in total. The van der Waals surface area contributed by atoms with Gasteiger partial charge >= 0.3 is 0 Å². The Labute approximate surface area is 224 Å². The van der Waals surface area contributed by atoms with Crippen LogP contribution in [0, 0.1) is 0 Å². The van der Waals surface area contributed by atoms with Crippen LogP contribution in [0.5, 0.6) is 0 Å². The number of carbonyl (C=O) groups excluding carboxylic acids is 1. The molecule has 37 heavy (non-hydrogen) atoms. The van der Waals surface area contributed by atoms with E-state index in [-0.39, 0.29) is 26.1 Å². The largest absolute Gasteiger partial charge is 0.322 e. The van der Waals surface area contributed by atoms with E-state index in [1.54, 1.807) is 30.3 Å². The number of carbonyl (C=O) groups is 1. The molecule has 0 spiro atoms. The van der Waals surface area contributed by atoms with E-state index in [0.29, 0.717) is 16.4 Å². The van der Waals surface area contributed by atoms with Gasteiger partial charge in [-0.2, -0.15) is 0 Å². The number of anilines is 3. The van der Waals surface area contributed by atoms with Gasteiger partial charge in [-0.1, -0.05) is 41.4 Å². The molecule has 1 amide bonds. The second-order valence-corrected chi connectivity index (χ2v) is 11.9. The summed E-state index contributed by atoms with van der Waals surface area (Å²) in [5.74, 6) is -0.611. The van der Waals surface area contributed by atoms with Crippen LogP contribution in [-0.2, 0) is 20.0 Å². The first-order chi connectivity index (χ1) is 17.5. The smallest absolute Gasteiger partial charge is 0.261 e. The van der Waals surface area contributed by atoms with Gasteiger partial charge in [-0.25, -0.2) is 16.8 Å². The van der Waals surface area contributed by atoms with E-state index in [0.717, 1.165) is 0 Å². The third-order valence-corrected chi connectivity index (χ3v) is 8.41. The van der Waals surface area contributed by atoms with Crippen LogP contribution in [0.1, 0.15) is 10.4 Å². The molecule has 190 valence electrons. The minimum Gasteiger partial charge on any atom is -0.322 e. The van der Waals surface area contributed by atoms with Crippen LogP contribution in [0.25, 0.3) is 0 Å².